The van der Waals surface area contributed by atoms with Gasteiger partial charge in [0, 0.05) is 19.2 Å². The van der Waals surface area contributed by atoms with Gasteiger partial charge in [-0.15, -0.1) is 0 Å². The molecule has 1 N–H and O–H groups in total. The number of hydrogen-bond donors (Lipinski definition) is 1. The number of amides is 1. The number of aromatic nitrogens is 1. The Kier molecular flexibility index (Phi) is 3.25. The van der Waals surface area contributed by atoms with Crippen molar-refractivity contribution in [2.45, 2.75) is 13.8 Å². The van der Waals surface area contributed by atoms with Gasteiger partial charge in [0.25, 0.3) is 0 Å². The highest BCUT2D eigenvalue weighted by Gasteiger charge is 2.04. The number of carbonyl (C=O) groups is 1. The SMILES string of the molecule is CCOc1nc[c]cc1NC(C)=O. The summed E-state index contributed by atoms with van der Waals surface area (Å²) in [6, 6.07) is 4.38. The topological polar surface area (TPSA) is 51.2 Å². The maximum atomic E-state index is 10.8. The molecule has 13 heavy (non-hydrogen) atoms. The van der Waals surface area contributed by atoms with Crippen molar-refractivity contribution >= 4 is 11.6 Å². The third kappa shape index (κ3) is 2.74. The molecule has 0 fully saturated rings. The van der Waals surface area contributed by atoms with Crippen LogP contribution in [0.3, 0.4) is 0 Å². The molecule has 0 saturated heterocycles. The van der Waals surface area contributed by atoms with Crippen molar-refractivity contribution in [1.29, 1.82) is 0 Å². The summed E-state index contributed by atoms with van der Waals surface area (Å²) in [5, 5.41) is 2.60. The van der Waals surface area contributed by atoms with E-state index in [0.29, 0.717) is 18.2 Å². The van der Waals surface area contributed by atoms with E-state index in [1.54, 1.807) is 6.07 Å². The molecule has 4 heteroatoms. The maximum absolute atomic E-state index is 10.8. The summed E-state index contributed by atoms with van der Waals surface area (Å²) >= 11 is 0. The van der Waals surface area contributed by atoms with Crippen LogP contribution in [0.15, 0.2) is 12.3 Å². The maximum Gasteiger partial charge on any atom is 0.237 e. The lowest BCUT2D eigenvalue weighted by molar-refractivity contribution is -0.114. The lowest BCUT2D eigenvalue weighted by Gasteiger charge is -2.07. The van der Waals surface area contributed by atoms with Gasteiger partial charge in [-0.2, -0.15) is 0 Å². The molecule has 0 spiro atoms. The average Bonchev–Trinajstić information content (AvgIpc) is 2.08. The van der Waals surface area contributed by atoms with Gasteiger partial charge in [-0.05, 0) is 13.0 Å². The zero-order valence-corrected chi connectivity index (χ0v) is 7.63. The van der Waals surface area contributed by atoms with E-state index in [0.717, 1.165) is 0 Å². The van der Waals surface area contributed by atoms with Crippen LogP contribution in [0.4, 0.5) is 5.69 Å². The summed E-state index contributed by atoms with van der Waals surface area (Å²) in [7, 11) is 0. The lowest BCUT2D eigenvalue weighted by Crippen LogP contribution is -2.08. The smallest absolute Gasteiger partial charge is 0.237 e. The van der Waals surface area contributed by atoms with E-state index in [1.807, 2.05) is 6.92 Å². The van der Waals surface area contributed by atoms with E-state index in [2.05, 4.69) is 16.4 Å². The number of anilines is 1. The van der Waals surface area contributed by atoms with Crippen molar-refractivity contribution in [3.8, 4) is 5.88 Å². The number of carbonyl (C=O) groups excluding carboxylic acids is 1. The van der Waals surface area contributed by atoms with Gasteiger partial charge in [0.2, 0.25) is 11.8 Å². The van der Waals surface area contributed by atoms with Crippen molar-refractivity contribution in [2.24, 2.45) is 0 Å². The Morgan fingerprint density at radius 2 is 2.54 bits per heavy atom. The Bertz CT molecular complexity index is 299. The predicted molar refractivity (Wildman–Crippen MR) is 48.5 cm³/mol. The quantitative estimate of drug-likeness (QED) is 0.759. The first-order chi connectivity index (χ1) is 6.24. The zero-order valence-electron chi connectivity index (χ0n) is 7.63. The summed E-state index contributed by atoms with van der Waals surface area (Å²) in [6.07, 6.45) is 1.50. The van der Waals surface area contributed by atoms with Crippen LogP contribution in [0.5, 0.6) is 5.88 Å². The van der Waals surface area contributed by atoms with E-state index < -0.39 is 0 Å². The standard InChI is InChI=1S/C9H11N2O2/c1-3-13-9-8(11-7(2)12)5-4-6-10-9/h5-6H,3H2,1-2H3,(H,11,12). The van der Waals surface area contributed by atoms with Gasteiger partial charge in [0.1, 0.15) is 5.69 Å². The van der Waals surface area contributed by atoms with E-state index in [1.165, 1.54) is 13.1 Å². The normalized spacial score (nSPS) is 9.38. The summed E-state index contributed by atoms with van der Waals surface area (Å²) in [5.41, 5.74) is 0.553. The molecule has 0 bridgehead atoms. The van der Waals surface area contributed by atoms with Crippen molar-refractivity contribution in [1.82, 2.24) is 4.98 Å². The van der Waals surface area contributed by atoms with E-state index >= 15 is 0 Å². The summed E-state index contributed by atoms with van der Waals surface area (Å²) < 4.78 is 5.19. The Morgan fingerprint density at radius 1 is 1.77 bits per heavy atom. The van der Waals surface area contributed by atoms with Crippen LogP contribution >= 0.6 is 0 Å². The molecule has 1 aromatic rings. The molecule has 0 aromatic carbocycles. The highest BCUT2D eigenvalue weighted by molar-refractivity contribution is 5.89. The fraction of sp³-hybridized carbons (Fsp3) is 0.333. The second-order valence-electron chi connectivity index (χ2n) is 2.40. The summed E-state index contributed by atoms with van der Waals surface area (Å²) in [6.45, 7) is 3.81. The first-order valence-electron chi connectivity index (χ1n) is 4.00. The minimum Gasteiger partial charge on any atom is -0.476 e. The van der Waals surface area contributed by atoms with Crippen molar-refractivity contribution < 1.29 is 9.53 Å². The molecule has 1 rings (SSSR count). The second-order valence-corrected chi connectivity index (χ2v) is 2.40. The molecule has 1 heterocycles. The van der Waals surface area contributed by atoms with Crippen LogP contribution in [0.25, 0.3) is 0 Å². The van der Waals surface area contributed by atoms with Gasteiger partial charge in [-0.3, -0.25) is 4.79 Å². The lowest BCUT2D eigenvalue weighted by atomic mass is 10.4. The van der Waals surface area contributed by atoms with Gasteiger partial charge in [0.15, 0.2) is 0 Å². The second kappa shape index (κ2) is 4.45. The highest BCUT2D eigenvalue weighted by Crippen LogP contribution is 2.19. The molecular weight excluding hydrogens is 168 g/mol. The molecule has 1 radical (unpaired) electrons. The van der Waals surface area contributed by atoms with Crippen LogP contribution in [-0.4, -0.2) is 17.5 Å². The molecule has 0 aliphatic carbocycles. The Morgan fingerprint density at radius 3 is 3.15 bits per heavy atom. The van der Waals surface area contributed by atoms with Crippen molar-refractivity contribution in [3.63, 3.8) is 0 Å². The van der Waals surface area contributed by atoms with Crippen LogP contribution in [0, 0.1) is 6.07 Å². The van der Waals surface area contributed by atoms with Gasteiger partial charge in [-0.1, -0.05) is 0 Å². The third-order valence-electron chi connectivity index (χ3n) is 1.31. The molecule has 0 aliphatic rings. The fourth-order valence-corrected chi connectivity index (χ4v) is 0.879. The molecule has 0 saturated carbocycles. The minimum absolute atomic E-state index is 0.151. The number of ether oxygens (including phenoxy) is 1. The molecule has 0 atom stereocenters. The number of nitrogens with zero attached hydrogens (tertiary/aromatic N) is 1. The molecule has 0 aliphatic heterocycles. The molecular formula is C9H11N2O2. The van der Waals surface area contributed by atoms with Crippen molar-refractivity contribution in [3.05, 3.63) is 18.3 Å². The first-order valence-corrected chi connectivity index (χ1v) is 4.00. The van der Waals surface area contributed by atoms with Crippen LogP contribution in [-0.2, 0) is 4.79 Å². The number of nitrogens with one attached hydrogen (secondary N) is 1. The minimum atomic E-state index is -0.151. The van der Waals surface area contributed by atoms with E-state index in [-0.39, 0.29) is 5.91 Å². The molecule has 4 nitrogen and oxygen atoms in total. The van der Waals surface area contributed by atoms with Gasteiger partial charge >= 0.3 is 0 Å². The van der Waals surface area contributed by atoms with Crippen LogP contribution < -0.4 is 10.1 Å². The molecule has 69 valence electrons. The largest absolute Gasteiger partial charge is 0.476 e. The Balaban J connectivity index is 2.84. The van der Waals surface area contributed by atoms with Crippen LogP contribution in [0.1, 0.15) is 13.8 Å². The summed E-state index contributed by atoms with van der Waals surface area (Å²) in [5.74, 6) is 0.277. The number of hydrogen-bond acceptors (Lipinski definition) is 3. The fourth-order valence-electron chi connectivity index (χ4n) is 0.879. The number of rotatable bonds is 3. The van der Waals surface area contributed by atoms with E-state index in [9.17, 15) is 4.79 Å². The predicted octanol–water partition coefficient (Wildman–Crippen LogP) is 1.24. The Hall–Kier alpha value is -1.58. The molecule has 1 amide bonds. The van der Waals surface area contributed by atoms with E-state index in [4.69, 9.17) is 4.74 Å². The Labute approximate surface area is 76.9 Å². The molecule has 1 aromatic heterocycles. The third-order valence-corrected chi connectivity index (χ3v) is 1.31. The monoisotopic (exact) mass is 179 g/mol. The van der Waals surface area contributed by atoms with Gasteiger partial charge in [-0.25, -0.2) is 4.98 Å². The zero-order chi connectivity index (χ0) is 9.68. The summed E-state index contributed by atoms with van der Waals surface area (Å²) in [4.78, 5) is 14.7. The highest BCUT2D eigenvalue weighted by atomic mass is 16.5. The number of pyridine rings is 1. The van der Waals surface area contributed by atoms with Gasteiger partial charge < -0.3 is 10.1 Å². The van der Waals surface area contributed by atoms with Gasteiger partial charge in [0.05, 0.1) is 6.61 Å². The average molecular weight is 179 g/mol. The molecule has 0 unspecified atom stereocenters. The van der Waals surface area contributed by atoms with Crippen LogP contribution in [0.2, 0.25) is 0 Å². The first kappa shape index (κ1) is 9.51. The van der Waals surface area contributed by atoms with Crippen molar-refractivity contribution in [2.75, 3.05) is 11.9 Å².